The highest BCUT2D eigenvalue weighted by atomic mass is 35.5. The number of hydrogen-bond acceptors (Lipinski definition) is 4. The topological polar surface area (TPSA) is 53.1 Å². The molecule has 2 N–H and O–H groups in total. The van der Waals surface area contributed by atoms with Crippen LogP contribution in [0.25, 0.3) is 0 Å². The third-order valence-corrected chi connectivity index (χ3v) is 4.32. The average Bonchev–Trinajstić information content (AvgIpc) is 2.61. The van der Waals surface area contributed by atoms with E-state index in [1.165, 1.54) is 19.3 Å². The van der Waals surface area contributed by atoms with Crippen LogP contribution in [0.15, 0.2) is 36.4 Å². The highest BCUT2D eigenvalue weighted by molar-refractivity contribution is 7.80. The molecule has 0 bridgehead atoms. The maximum Gasteiger partial charge on any atom is 0.232 e. The molecule has 0 amide bonds. The quantitative estimate of drug-likeness (QED) is 0.641. The second-order valence-electron chi connectivity index (χ2n) is 5.71. The van der Waals surface area contributed by atoms with Gasteiger partial charge in [-0.25, -0.2) is 4.98 Å². The van der Waals surface area contributed by atoms with Crippen molar-refractivity contribution in [1.29, 1.82) is 0 Å². The molecule has 24 heavy (non-hydrogen) atoms. The molecule has 0 aliphatic carbocycles. The van der Waals surface area contributed by atoms with Gasteiger partial charge in [-0.1, -0.05) is 41.9 Å². The van der Waals surface area contributed by atoms with Gasteiger partial charge in [-0.2, -0.15) is 4.98 Å². The maximum atomic E-state index is 6.14. The molecular weight excluding hydrogens is 342 g/mol. The first-order valence-electron chi connectivity index (χ1n) is 8.09. The lowest BCUT2D eigenvalue weighted by Gasteiger charge is -2.27. The molecule has 126 valence electrons. The third-order valence-electron chi connectivity index (χ3n) is 3.88. The van der Waals surface area contributed by atoms with Gasteiger partial charge in [-0.15, -0.1) is 0 Å². The van der Waals surface area contributed by atoms with Gasteiger partial charge >= 0.3 is 0 Å². The fourth-order valence-corrected chi connectivity index (χ4v) is 3.01. The lowest BCUT2D eigenvalue weighted by Crippen LogP contribution is -2.31. The van der Waals surface area contributed by atoms with Crippen LogP contribution in [-0.2, 0) is 6.54 Å². The Morgan fingerprint density at radius 3 is 2.62 bits per heavy atom. The zero-order chi connectivity index (χ0) is 16.8. The summed E-state index contributed by atoms with van der Waals surface area (Å²) in [5, 5.41) is 7.06. The van der Waals surface area contributed by atoms with Crippen molar-refractivity contribution in [3.8, 4) is 0 Å². The molecule has 2 aromatic rings. The fraction of sp³-hybridized carbons (Fsp3) is 0.353. The van der Waals surface area contributed by atoms with Gasteiger partial charge in [0.25, 0.3) is 0 Å². The number of thiocarbonyl (C=S) groups is 1. The lowest BCUT2D eigenvalue weighted by atomic mass is 10.1. The Kier molecular flexibility index (Phi) is 5.82. The Hall–Kier alpha value is -1.92. The van der Waals surface area contributed by atoms with Crippen LogP contribution in [0.2, 0.25) is 5.15 Å². The van der Waals surface area contributed by atoms with E-state index in [1.807, 2.05) is 30.3 Å². The lowest BCUT2D eigenvalue weighted by molar-refractivity contribution is 0.573. The number of nitrogens with one attached hydrogen (secondary N) is 2. The molecule has 0 saturated carbocycles. The zero-order valence-corrected chi connectivity index (χ0v) is 14.9. The van der Waals surface area contributed by atoms with E-state index >= 15 is 0 Å². The second kappa shape index (κ2) is 8.26. The first-order valence-corrected chi connectivity index (χ1v) is 8.87. The highest BCUT2D eigenvalue weighted by Gasteiger charge is 2.14. The summed E-state index contributed by atoms with van der Waals surface area (Å²) in [7, 11) is 0. The average molecular weight is 362 g/mol. The van der Waals surface area contributed by atoms with E-state index in [-0.39, 0.29) is 0 Å². The molecule has 3 rings (SSSR count). The maximum absolute atomic E-state index is 6.14. The molecule has 1 fully saturated rings. The number of halogens is 1. The molecule has 2 heterocycles. The Labute approximate surface area is 152 Å². The minimum atomic E-state index is 0.416. The molecule has 1 saturated heterocycles. The molecule has 1 aliphatic rings. The van der Waals surface area contributed by atoms with Gasteiger partial charge in [-0.3, -0.25) is 0 Å². The molecule has 0 spiro atoms. The van der Waals surface area contributed by atoms with Crippen LogP contribution >= 0.6 is 23.8 Å². The monoisotopic (exact) mass is 361 g/mol. The van der Waals surface area contributed by atoms with Crippen molar-refractivity contribution in [2.24, 2.45) is 0 Å². The van der Waals surface area contributed by atoms with E-state index in [9.17, 15) is 0 Å². The van der Waals surface area contributed by atoms with Crippen molar-refractivity contribution in [3.63, 3.8) is 0 Å². The molecular formula is C17H20ClN5S. The molecule has 0 atom stereocenters. The number of nitrogens with zero attached hydrogens (tertiary/aromatic N) is 3. The molecule has 1 aromatic carbocycles. The van der Waals surface area contributed by atoms with Crippen LogP contribution < -0.4 is 15.5 Å². The number of hydrogen-bond donors (Lipinski definition) is 2. The van der Waals surface area contributed by atoms with Crippen LogP contribution in [0.5, 0.6) is 0 Å². The van der Waals surface area contributed by atoms with E-state index in [2.05, 4.69) is 25.5 Å². The predicted molar refractivity (Wildman–Crippen MR) is 103 cm³/mol. The first kappa shape index (κ1) is 16.9. The summed E-state index contributed by atoms with van der Waals surface area (Å²) < 4.78 is 0. The van der Waals surface area contributed by atoms with Crippen LogP contribution in [-0.4, -0.2) is 28.2 Å². The summed E-state index contributed by atoms with van der Waals surface area (Å²) in [6, 6.07) is 11.9. The van der Waals surface area contributed by atoms with E-state index in [0.29, 0.717) is 22.8 Å². The summed E-state index contributed by atoms with van der Waals surface area (Å²) in [4.78, 5) is 11.0. The molecule has 0 radical (unpaired) electrons. The van der Waals surface area contributed by atoms with Crippen LogP contribution in [0.3, 0.4) is 0 Å². The van der Waals surface area contributed by atoms with Gasteiger partial charge in [-0.05, 0) is 37.0 Å². The van der Waals surface area contributed by atoms with Crippen molar-refractivity contribution < 1.29 is 0 Å². The minimum Gasteiger partial charge on any atom is -0.358 e. The van der Waals surface area contributed by atoms with Crippen LogP contribution in [0.4, 0.5) is 11.8 Å². The zero-order valence-electron chi connectivity index (χ0n) is 13.3. The smallest absolute Gasteiger partial charge is 0.232 e. The molecule has 7 heteroatoms. The SMILES string of the molecule is S=C(NCc1ccccc1)Nc1nc(Cl)cc(N2CCCCC2)n1. The van der Waals surface area contributed by atoms with Crippen molar-refractivity contribution >= 4 is 40.7 Å². The summed E-state index contributed by atoms with van der Waals surface area (Å²) in [5.41, 5.74) is 1.16. The fourth-order valence-electron chi connectivity index (χ4n) is 2.67. The standard InChI is InChI=1S/C17H20ClN5S/c18-14-11-15(23-9-5-2-6-10-23)21-16(20-14)22-17(24)19-12-13-7-3-1-4-8-13/h1,3-4,7-8,11H,2,5-6,9-10,12H2,(H2,19,20,21,22,24). The normalized spacial score (nSPS) is 14.3. The molecule has 0 unspecified atom stereocenters. The first-order chi connectivity index (χ1) is 11.7. The third kappa shape index (κ3) is 4.79. The van der Waals surface area contributed by atoms with Crippen LogP contribution in [0.1, 0.15) is 24.8 Å². The van der Waals surface area contributed by atoms with Gasteiger partial charge < -0.3 is 15.5 Å². The highest BCUT2D eigenvalue weighted by Crippen LogP contribution is 2.21. The summed E-state index contributed by atoms with van der Waals surface area (Å²) in [5.74, 6) is 1.27. The van der Waals surface area contributed by atoms with Gasteiger partial charge in [0, 0.05) is 25.7 Å². The number of benzene rings is 1. The van der Waals surface area contributed by atoms with Crippen LogP contribution in [0, 0.1) is 0 Å². The molecule has 5 nitrogen and oxygen atoms in total. The Balaban J connectivity index is 1.61. The van der Waals surface area contributed by atoms with E-state index in [0.717, 1.165) is 24.5 Å². The summed E-state index contributed by atoms with van der Waals surface area (Å²) in [6.07, 6.45) is 3.64. The Morgan fingerprint density at radius 1 is 1.12 bits per heavy atom. The number of anilines is 2. The van der Waals surface area contributed by atoms with E-state index in [1.54, 1.807) is 6.07 Å². The van der Waals surface area contributed by atoms with E-state index < -0.39 is 0 Å². The Morgan fingerprint density at radius 2 is 1.88 bits per heavy atom. The van der Waals surface area contributed by atoms with Gasteiger partial charge in [0.1, 0.15) is 11.0 Å². The largest absolute Gasteiger partial charge is 0.358 e. The van der Waals surface area contributed by atoms with Gasteiger partial charge in [0.15, 0.2) is 5.11 Å². The number of rotatable bonds is 4. The number of aromatic nitrogens is 2. The van der Waals surface area contributed by atoms with Gasteiger partial charge in [0.05, 0.1) is 0 Å². The molecule has 1 aromatic heterocycles. The minimum absolute atomic E-state index is 0.416. The number of piperidine rings is 1. The Bertz CT molecular complexity index is 689. The van der Waals surface area contributed by atoms with Crippen molar-refractivity contribution in [3.05, 3.63) is 47.1 Å². The van der Waals surface area contributed by atoms with Gasteiger partial charge in [0.2, 0.25) is 5.95 Å². The summed E-state index contributed by atoms with van der Waals surface area (Å²) in [6.45, 7) is 2.65. The summed E-state index contributed by atoms with van der Waals surface area (Å²) >= 11 is 11.5. The second-order valence-corrected chi connectivity index (χ2v) is 6.51. The predicted octanol–water partition coefficient (Wildman–Crippen LogP) is 3.61. The van der Waals surface area contributed by atoms with Crippen molar-refractivity contribution in [2.75, 3.05) is 23.3 Å². The molecule has 1 aliphatic heterocycles. The van der Waals surface area contributed by atoms with E-state index in [4.69, 9.17) is 23.8 Å². The van der Waals surface area contributed by atoms with Crippen molar-refractivity contribution in [1.82, 2.24) is 15.3 Å². The van der Waals surface area contributed by atoms with Crippen molar-refractivity contribution in [2.45, 2.75) is 25.8 Å².